The van der Waals surface area contributed by atoms with E-state index in [1.165, 1.54) is 10.6 Å². The van der Waals surface area contributed by atoms with Gasteiger partial charge >= 0.3 is 5.97 Å². The molecule has 0 radical (unpaired) electrons. The van der Waals surface area contributed by atoms with Crippen LogP contribution in [0.3, 0.4) is 0 Å². The summed E-state index contributed by atoms with van der Waals surface area (Å²) in [5.74, 6) is -0.439. The Labute approximate surface area is 122 Å². The van der Waals surface area contributed by atoms with Crippen molar-refractivity contribution in [3.63, 3.8) is 0 Å². The average Bonchev–Trinajstić information content (AvgIpc) is 2.46. The van der Waals surface area contributed by atoms with E-state index >= 15 is 0 Å². The molecule has 0 aliphatic rings. The third-order valence-corrected chi connectivity index (χ3v) is 3.41. The molecule has 21 heavy (non-hydrogen) atoms. The molecule has 0 saturated carbocycles. The lowest BCUT2D eigenvalue weighted by molar-refractivity contribution is 0.0694. The van der Waals surface area contributed by atoms with Gasteiger partial charge in [-0.3, -0.25) is 4.79 Å². The second kappa shape index (κ2) is 5.83. The minimum atomic E-state index is -1.21. The molecule has 1 N–H and O–H groups in total. The first-order valence-corrected chi connectivity index (χ1v) is 6.61. The fourth-order valence-electron chi connectivity index (χ4n) is 2.34. The number of aromatic carboxylic acids is 1. The maximum atomic E-state index is 12.2. The Kier molecular flexibility index (Phi) is 4.12. The predicted octanol–water partition coefficient (Wildman–Crippen LogP) is 2.55. The molecule has 5 heteroatoms. The van der Waals surface area contributed by atoms with Crippen molar-refractivity contribution < 1.29 is 14.6 Å². The first-order valence-electron chi connectivity index (χ1n) is 6.61. The van der Waals surface area contributed by atoms with Gasteiger partial charge in [0.05, 0.1) is 12.8 Å². The van der Waals surface area contributed by atoms with Crippen molar-refractivity contribution in [1.29, 1.82) is 0 Å². The third-order valence-electron chi connectivity index (χ3n) is 3.41. The normalized spacial score (nSPS) is 10.4. The van der Waals surface area contributed by atoms with E-state index in [1.54, 1.807) is 13.2 Å². The number of nitrogens with zero attached hydrogens (tertiary/aromatic N) is 1. The van der Waals surface area contributed by atoms with Crippen molar-refractivity contribution >= 4 is 5.97 Å². The van der Waals surface area contributed by atoms with E-state index < -0.39 is 11.5 Å². The smallest absolute Gasteiger partial charge is 0.341 e. The summed E-state index contributed by atoms with van der Waals surface area (Å²) in [7, 11) is 1.60. The highest BCUT2D eigenvalue weighted by molar-refractivity contribution is 5.87. The Hall–Kier alpha value is -2.56. The fraction of sp³-hybridized carbons (Fsp3) is 0.250. The van der Waals surface area contributed by atoms with E-state index in [4.69, 9.17) is 9.84 Å². The molecule has 0 amide bonds. The zero-order valence-electron chi connectivity index (χ0n) is 12.2. The van der Waals surface area contributed by atoms with Crippen LogP contribution in [-0.4, -0.2) is 22.8 Å². The lowest BCUT2D eigenvalue weighted by Crippen LogP contribution is -2.26. The Balaban J connectivity index is 2.64. The molecule has 0 unspecified atom stereocenters. The molecule has 1 aromatic heterocycles. The molecule has 110 valence electrons. The van der Waals surface area contributed by atoms with Crippen molar-refractivity contribution in [3.05, 3.63) is 51.8 Å². The van der Waals surface area contributed by atoms with Crippen molar-refractivity contribution in [2.75, 3.05) is 7.11 Å². The molecule has 0 spiro atoms. The van der Waals surface area contributed by atoms with E-state index in [1.807, 2.05) is 32.0 Å². The second-order valence-corrected chi connectivity index (χ2v) is 4.67. The first-order chi connectivity index (χ1) is 9.99. The molecule has 5 nitrogen and oxygen atoms in total. The van der Waals surface area contributed by atoms with Crippen LogP contribution >= 0.6 is 0 Å². The highest BCUT2D eigenvalue weighted by Crippen LogP contribution is 2.25. The molecule has 0 saturated heterocycles. The summed E-state index contributed by atoms with van der Waals surface area (Å²) in [5.41, 5.74) is 1.79. The summed E-state index contributed by atoms with van der Waals surface area (Å²) in [6.45, 7) is 4.13. The number of carbonyl (C=O) groups is 1. The van der Waals surface area contributed by atoms with Crippen LogP contribution in [0.25, 0.3) is 11.3 Å². The van der Waals surface area contributed by atoms with Crippen LogP contribution in [0.4, 0.5) is 0 Å². The first kappa shape index (κ1) is 14.8. The van der Waals surface area contributed by atoms with E-state index in [2.05, 4.69) is 0 Å². The van der Waals surface area contributed by atoms with Gasteiger partial charge in [0.25, 0.3) is 5.56 Å². The van der Waals surface area contributed by atoms with Gasteiger partial charge in [0, 0.05) is 6.54 Å². The Morgan fingerprint density at radius 3 is 2.52 bits per heavy atom. The summed E-state index contributed by atoms with van der Waals surface area (Å²) < 4.78 is 6.68. The number of aromatic nitrogens is 1. The van der Waals surface area contributed by atoms with Crippen LogP contribution in [0.15, 0.2) is 35.1 Å². The number of aryl methyl sites for hydroxylation is 1. The summed E-state index contributed by atoms with van der Waals surface area (Å²) >= 11 is 0. The van der Waals surface area contributed by atoms with Gasteiger partial charge in [0.1, 0.15) is 11.3 Å². The SMILES string of the molecule is CCn1c(-c2ccc(OC)c(C)c2)ccc(C(=O)O)c1=O. The summed E-state index contributed by atoms with van der Waals surface area (Å²) in [4.78, 5) is 23.2. The fourth-order valence-corrected chi connectivity index (χ4v) is 2.34. The maximum absolute atomic E-state index is 12.2. The van der Waals surface area contributed by atoms with Crippen molar-refractivity contribution in [3.8, 4) is 17.0 Å². The van der Waals surface area contributed by atoms with E-state index in [0.717, 1.165) is 16.9 Å². The van der Waals surface area contributed by atoms with Gasteiger partial charge in [0.15, 0.2) is 0 Å². The zero-order valence-corrected chi connectivity index (χ0v) is 12.2. The van der Waals surface area contributed by atoms with Crippen LogP contribution in [0.5, 0.6) is 5.75 Å². The number of carboxylic acid groups (broad SMARTS) is 1. The van der Waals surface area contributed by atoms with Gasteiger partial charge in [-0.2, -0.15) is 0 Å². The molecule has 2 rings (SSSR count). The standard InChI is InChI=1S/C16H17NO4/c1-4-17-13(7-6-12(15(17)18)16(19)20)11-5-8-14(21-3)10(2)9-11/h5-9H,4H2,1-3H3,(H,19,20). The molecule has 0 atom stereocenters. The average molecular weight is 287 g/mol. The lowest BCUT2D eigenvalue weighted by Gasteiger charge is -2.13. The van der Waals surface area contributed by atoms with Gasteiger partial charge in [0.2, 0.25) is 0 Å². The number of hydrogen-bond acceptors (Lipinski definition) is 3. The number of benzene rings is 1. The minimum Gasteiger partial charge on any atom is -0.496 e. The molecule has 0 bridgehead atoms. The number of methoxy groups -OCH3 is 1. The van der Waals surface area contributed by atoms with Crippen molar-refractivity contribution in [1.82, 2.24) is 4.57 Å². The van der Waals surface area contributed by atoms with Crippen LogP contribution in [0.1, 0.15) is 22.8 Å². The topological polar surface area (TPSA) is 68.5 Å². The van der Waals surface area contributed by atoms with Crippen LogP contribution in [0.2, 0.25) is 0 Å². The molecular weight excluding hydrogens is 270 g/mol. The van der Waals surface area contributed by atoms with Gasteiger partial charge in [-0.05, 0) is 55.3 Å². The molecule has 1 aromatic carbocycles. The molecule has 0 aliphatic heterocycles. The largest absolute Gasteiger partial charge is 0.496 e. The highest BCUT2D eigenvalue weighted by atomic mass is 16.5. The lowest BCUT2D eigenvalue weighted by atomic mass is 10.1. The third kappa shape index (κ3) is 2.67. The molecule has 0 fully saturated rings. The quantitative estimate of drug-likeness (QED) is 0.938. The van der Waals surface area contributed by atoms with Gasteiger partial charge in [-0.1, -0.05) is 0 Å². The number of ether oxygens (including phenoxy) is 1. The number of carboxylic acids is 1. The van der Waals surface area contributed by atoms with E-state index in [9.17, 15) is 9.59 Å². The summed E-state index contributed by atoms with van der Waals surface area (Å²) in [6.07, 6.45) is 0. The molecular formula is C16H17NO4. The van der Waals surface area contributed by atoms with E-state index in [0.29, 0.717) is 12.2 Å². The van der Waals surface area contributed by atoms with E-state index in [-0.39, 0.29) is 5.56 Å². The van der Waals surface area contributed by atoms with Crippen molar-refractivity contribution in [2.45, 2.75) is 20.4 Å². The van der Waals surface area contributed by atoms with Gasteiger partial charge < -0.3 is 14.4 Å². The minimum absolute atomic E-state index is 0.217. The molecule has 0 aliphatic carbocycles. The Morgan fingerprint density at radius 1 is 1.29 bits per heavy atom. The number of rotatable bonds is 4. The maximum Gasteiger partial charge on any atom is 0.341 e. The highest BCUT2D eigenvalue weighted by Gasteiger charge is 2.14. The van der Waals surface area contributed by atoms with Gasteiger partial charge in [-0.15, -0.1) is 0 Å². The van der Waals surface area contributed by atoms with Crippen LogP contribution < -0.4 is 10.3 Å². The Bertz CT molecular complexity index is 746. The second-order valence-electron chi connectivity index (χ2n) is 4.67. The summed E-state index contributed by atoms with van der Waals surface area (Å²) in [5, 5.41) is 9.03. The number of pyridine rings is 1. The van der Waals surface area contributed by atoms with Crippen LogP contribution in [-0.2, 0) is 6.54 Å². The zero-order chi connectivity index (χ0) is 15.6. The van der Waals surface area contributed by atoms with Gasteiger partial charge in [-0.25, -0.2) is 4.79 Å². The number of hydrogen-bond donors (Lipinski definition) is 1. The van der Waals surface area contributed by atoms with Crippen molar-refractivity contribution in [2.24, 2.45) is 0 Å². The Morgan fingerprint density at radius 2 is 2.00 bits per heavy atom. The summed E-state index contributed by atoms with van der Waals surface area (Å²) in [6, 6.07) is 8.62. The molecule has 2 aromatic rings. The van der Waals surface area contributed by atoms with Crippen LogP contribution in [0, 0.1) is 6.92 Å². The monoisotopic (exact) mass is 287 g/mol. The molecule has 1 heterocycles. The predicted molar refractivity (Wildman–Crippen MR) is 80.1 cm³/mol.